The third-order valence-electron chi connectivity index (χ3n) is 2.90. The fourth-order valence-electron chi connectivity index (χ4n) is 1.70. The van der Waals surface area contributed by atoms with E-state index < -0.39 is 0 Å². The number of carbonyl (C=O) groups is 1. The molecule has 0 atom stereocenters. The van der Waals surface area contributed by atoms with Gasteiger partial charge in [0.05, 0.1) is 0 Å². The minimum absolute atomic E-state index is 0.00535. The van der Waals surface area contributed by atoms with Gasteiger partial charge < -0.3 is 15.2 Å². The highest BCUT2D eigenvalue weighted by atomic mass is 16.1. The second-order valence-corrected chi connectivity index (χ2v) is 4.57. The first-order valence-corrected chi connectivity index (χ1v) is 6.41. The number of hydrogen-bond acceptors (Lipinski definition) is 3. The molecule has 98 valence electrons. The van der Waals surface area contributed by atoms with Crippen LogP contribution in [0.1, 0.15) is 19.3 Å². The summed E-state index contributed by atoms with van der Waals surface area (Å²) in [5.74, 6) is 0.113. The summed E-state index contributed by atoms with van der Waals surface area (Å²) >= 11 is 0. The van der Waals surface area contributed by atoms with Crippen molar-refractivity contribution in [2.45, 2.75) is 31.8 Å². The van der Waals surface area contributed by atoms with Gasteiger partial charge in [-0.3, -0.25) is 9.59 Å². The monoisotopic (exact) mass is 249 g/mol. The fourth-order valence-corrected chi connectivity index (χ4v) is 1.70. The van der Waals surface area contributed by atoms with Crippen LogP contribution in [0.2, 0.25) is 0 Å². The number of carbonyl (C=O) groups excluding carboxylic acids is 1. The van der Waals surface area contributed by atoms with Crippen molar-refractivity contribution in [2.75, 3.05) is 13.1 Å². The number of pyridine rings is 1. The minimum Gasteiger partial charge on any atom is -0.353 e. The Kier molecular flexibility index (Phi) is 4.52. The normalized spacial score (nSPS) is 14.4. The summed E-state index contributed by atoms with van der Waals surface area (Å²) in [7, 11) is 0. The average Bonchev–Trinajstić information content (AvgIpc) is 3.15. The zero-order chi connectivity index (χ0) is 12.8. The molecule has 1 aromatic heterocycles. The molecule has 1 amide bonds. The van der Waals surface area contributed by atoms with Gasteiger partial charge in [0, 0.05) is 44.4 Å². The molecule has 18 heavy (non-hydrogen) atoms. The Morgan fingerprint density at radius 1 is 1.33 bits per heavy atom. The second-order valence-electron chi connectivity index (χ2n) is 4.57. The van der Waals surface area contributed by atoms with Crippen molar-refractivity contribution in [3.8, 4) is 0 Å². The predicted octanol–water partition coefficient (Wildman–Crippen LogP) is 0.107. The van der Waals surface area contributed by atoms with Crippen LogP contribution in [0, 0.1) is 0 Å². The molecular weight excluding hydrogens is 230 g/mol. The van der Waals surface area contributed by atoms with Gasteiger partial charge in [-0.05, 0) is 18.9 Å². The van der Waals surface area contributed by atoms with Crippen LogP contribution in [-0.2, 0) is 11.3 Å². The van der Waals surface area contributed by atoms with Gasteiger partial charge in [-0.15, -0.1) is 0 Å². The lowest BCUT2D eigenvalue weighted by Gasteiger charge is -2.07. The highest BCUT2D eigenvalue weighted by Crippen LogP contribution is 2.18. The van der Waals surface area contributed by atoms with E-state index in [0.29, 0.717) is 32.1 Å². The quantitative estimate of drug-likeness (QED) is 0.674. The van der Waals surface area contributed by atoms with Gasteiger partial charge in [-0.2, -0.15) is 0 Å². The van der Waals surface area contributed by atoms with Crippen LogP contribution in [0.25, 0.3) is 0 Å². The molecule has 5 heteroatoms. The average molecular weight is 249 g/mol. The van der Waals surface area contributed by atoms with Gasteiger partial charge in [0.2, 0.25) is 5.91 Å². The third kappa shape index (κ3) is 4.33. The van der Waals surface area contributed by atoms with Crippen molar-refractivity contribution in [3.63, 3.8) is 0 Å². The first-order valence-electron chi connectivity index (χ1n) is 6.41. The maximum atomic E-state index is 11.4. The van der Waals surface area contributed by atoms with Crippen LogP contribution in [0.3, 0.4) is 0 Å². The van der Waals surface area contributed by atoms with Crippen LogP contribution in [-0.4, -0.2) is 29.6 Å². The standard InChI is InChI=1S/C13H19N3O2/c17-12(15-11-4-5-11)6-7-14-8-10-16-9-2-1-3-13(16)18/h1-3,9,11,14H,4-8,10H2,(H,15,17). The second kappa shape index (κ2) is 6.35. The van der Waals surface area contributed by atoms with E-state index in [1.807, 2.05) is 6.07 Å². The van der Waals surface area contributed by atoms with Gasteiger partial charge in [0.15, 0.2) is 0 Å². The Balaban J connectivity index is 1.57. The molecule has 1 aromatic rings. The van der Waals surface area contributed by atoms with E-state index in [-0.39, 0.29) is 11.5 Å². The van der Waals surface area contributed by atoms with Gasteiger partial charge >= 0.3 is 0 Å². The Morgan fingerprint density at radius 3 is 2.89 bits per heavy atom. The lowest BCUT2D eigenvalue weighted by atomic mass is 10.4. The highest BCUT2D eigenvalue weighted by Gasteiger charge is 2.22. The smallest absolute Gasteiger partial charge is 0.250 e. The number of hydrogen-bond donors (Lipinski definition) is 2. The van der Waals surface area contributed by atoms with E-state index in [1.54, 1.807) is 22.9 Å². The fraction of sp³-hybridized carbons (Fsp3) is 0.538. The molecule has 0 radical (unpaired) electrons. The van der Waals surface area contributed by atoms with E-state index in [0.717, 1.165) is 12.8 Å². The summed E-state index contributed by atoms with van der Waals surface area (Å²) in [4.78, 5) is 22.8. The van der Waals surface area contributed by atoms with Crippen molar-refractivity contribution in [3.05, 3.63) is 34.7 Å². The molecule has 0 saturated heterocycles. The molecule has 0 aromatic carbocycles. The molecule has 0 spiro atoms. The summed E-state index contributed by atoms with van der Waals surface area (Å²) in [5, 5.41) is 6.10. The van der Waals surface area contributed by atoms with Crippen molar-refractivity contribution in [1.82, 2.24) is 15.2 Å². The lowest BCUT2D eigenvalue weighted by molar-refractivity contribution is -0.121. The number of nitrogens with zero attached hydrogens (tertiary/aromatic N) is 1. The van der Waals surface area contributed by atoms with Crippen LogP contribution in [0.4, 0.5) is 0 Å². The lowest BCUT2D eigenvalue weighted by Crippen LogP contribution is -2.31. The largest absolute Gasteiger partial charge is 0.353 e. The maximum absolute atomic E-state index is 11.4. The predicted molar refractivity (Wildman–Crippen MR) is 69.4 cm³/mol. The van der Waals surface area contributed by atoms with E-state index in [1.165, 1.54) is 0 Å². The number of rotatable bonds is 7. The Hall–Kier alpha value is -1.62. The Morgan fingerprint density at radius 2 is 2.17 bits per heavy atom. The van der Waals surface area contributed by atoms with Gasteiger partial charge in [0.1, 0.15) is 0 Å². The van der Waals surface area contributed by atoms with E-state index in [9.17, 15) is 9.59 Å². The Bertz CT molecular complexity index is 452. The van der Waals surface area contributed by atoms with Crippen LogP contribution >= 0.6 is 0 Å². The SMILES string of the molecule is O=C(CCNCCn1ccccc1=O)NC1CC1. The molecule has 5 nitrogen and oxygen atoms in total. The first-order chi connectivity index (χ1) is 8.75. The summed E-state index contributed by atoms with van der Waals surface area (Å²) < 4.78 is 1.65. The summed E-state index contributed by atoms with van der Waals surface area (Å²) in [6.07, 6.45) is 4.51. The minimum atomic E-state index is 0.00535. The summed E-state index contributed by atoms with van der Waals surface area (Å²) in [6.45, 7) is 1.98. The van der Waals surface area contributed by atoms with E-state index in [2.05, 4.69) is 10.6 Å². The topological polar surface area (TPSA) is 63.1 Å². The summed E-state index contributed by atoms with van der Waals surface area (Å²) in [5.41, 5.74) is 0.00535. The van der Waals surface area contributed by atoms with E-state index >= 15 is 0 Å². The number of aromatic nitrogens is 1. The number of nitrogens with one attached hydrogen (secondary N) is 2. The van der Waals surface area contributed by atoms with Gasteiger partial charge in [-0.25, -0.2) is 0 Å². The molecule has 1 aliphatic carbocycles. The van der Waals surface area contributed by atoms with Crippen LogP contribution in [0.5, 0.6) is 0 Å². The molecule has 0 unspecified atom stereocenters. The van der Waals surface area contributed by atoms with Crippen molar-refractivity contribution < 1.29 is 4.79 Å². The Labute approximate surface area is 106 Å². The van der Waals surface area contributed by atoms with Gasteiger partial charge in [-0.1, -0.05) is 6.07 Å². The van der Waals surface area contributed by atoms with Gasteiger partial charge in [0.25, 0.3) is 5.56 Å². The molecule has 1 heterocycles. The third-order valence-corrected chi connectivity index (χ3v) is 2.90. The van der Waals surface area contributed by atoms with Crippen LogP contribution < -0.4 is 16.2 Å². The van der Waals surface area contributed by atoms with Crippen molar-refractivity contribution >= 4 is 5.91 Å². The summed E-state index contributed by atoms with van der Waals surface area (Å²) in [6, 6.07) is 5.54. The van der Waals surface area contributed by atoms with Crippen molar-refractivity contribution in [1.29, 1.82) is 0 Å². The van der Waals surface area contributed by atoms with Crippen LogP contribution in [0.15, 0.2) is 29.2 Å². The molecular formula is C13H19N3O2. The maximum Gasteiger partial charge on any atom is 0.250 e. The number of amides is 1. The zero-order valence-electron chi connectivity index (χ0n) is 10.4. The molecule has 2 rings (SSSR count). The molecule has 1 fully saturated rings. The molecule has 1 saturated carbocycles. The van der Waals surface area contributed by atoms with E-state index in [4.69, 9.17) is 0 Å². The molecule has 1 aliphatic rings. The molecule has 2 N–H and O–H groups in total. The molecule has 0 aliphatic heterocycles. The first kappa shape index (κ1) is 12.8. The van der Waals surface area contributed by atoms with Crippen molar-refractivity contribution in [2.24, 2.45) is 0 Å². The highest BCUT2D eigenvalue weighted by molar-refractivity contribution is 5.76. The zero-order valence-corrected chi connectivity index (χ0v) is 10.4. The molecule has 0 bridgehead atoms.